The summed E-state index contributed by atoms with van der Waals surface area (Å²) in [6.45, 7) is 2.06. The van der Waals surface area contributed by atoms with Crippen molar-refractivity contribution in [2.75, 3.05) is 0 Å². The van der Waals surface area contributed by atoms with Gasteiger partial charge in [-0.25, -0.2) is 0 Å². The topological polar surface area (TPSA) is 3.88 Å². The summed E-state index contributed by atoms with van der Waals surface area (Å²) in [4.78, 5) is 0. The normalized spacial score (nSPS) is 10.4. The van der Waals surface area contributed by atoms with Crippen LogP contribution in [0.25, 0.3) is 10.9 Å². The van der Waals surface area contributed by atoms with E-state index >= 15 is 0 Å². The molecular weight excluding hydrogens is 146 g/mol. The zero-order valence-corrected chi connectivity index (χ0v) is 7.12. The summed E-state index contributed by atoms with van der Waals surface area (Å²) in [5.41, 5.74) is 2.35. The zero-order valence-electron chi connectivity index (χ0n) is 7.12. The summed E-state index contributed by atoms with van der Waals surface area (Å²) in [5, 5.41) is 1.23. The Morgan fingerprint density at radius 3 is 2.67 bits per heavy atom. The van der Waals surface area contributed by atoms with Crippen LogP contribution >= 0.6 is 0 Å². The maximum absolute atomic E-state index is 3.96. The number of para-hydroxylation sites is 1. The Hall–Kier alpha value is -1.50. The number of aryl methyl sites for hydroxylation is 1. The molecule has 0 amide bonds. The molecule has 1 heteroatoms. The van der Waals surface area contributed by atoms with Crippen LogP contribution in [-0.4, -0.2) is 0 Å². The van der Waals surface area contributed by atoms with E-state index in [0.717, 1.165) is 0 Å². The van der Waals surface area contributed by atoms with E-state index < -0.39 is 0 Å². The second kappa shape index (κ2) is 2.52. The van der Waals surface area contributed by atoms with Gasteiger partial charge in [0.25, 0.3) is 0 Å². The minimum Gasteiger partial charge on any atom is -0.330 e. The number of hydrogen-bond acceptors (Lipinski definition) is 0. The molecule has 0 fully saturated rings. The third-order valence-electron chi connectivity index (χ3n) is 2.16. The summed E-state index contributed by atoms with van der Waals surface area (Å²) >= 11 is 0. The highest BCUT2D eigenvalue weighted by molar-refractivity contribution is 5.75. The lowest BCUT2D eigenvalue weighted by Crippen LogP contribution is -2.29. The molecule has 2 rings (SSSR count). The van der Waals surface area contributed by atoms with E-state index in [1.165, 1.54) is 16.6 Å². The van der Waals surface area contributed by atoms with Gasteiger partial charge in [0.1, 0.15) is 5.52 Å². The van der Waals surface area contributed by atoms with Gasteiger partial charge in [-0.15, -0.1) is 0 Å². The first-order chi connectivity index (χ1) is 5.79. The third-order valence-corrected chi connectivity index (χ3v) is 2.16. The molecule has 60 valence electrons. The Bertz CT molecular complexity index is 418. The van der Waals surface area contributed by atoms with Crippen LogP contribution in [0.5, 0.6) is 0 Å². The molecule has 0 aliphatic heterocycles. The highest BCUT2D eigenvalue weighted by Gasteiger charge is 1.97. The molecule has 0 unspecified atom stereocenters. The number of benzene rings is 1. The van der Waals surface area contributed by atoms with Gasteiger partial charge < -0.3 is 4.57 Å². The van der Waals surface area contributed by atoms with Gasteiger partial charge in [-0.05, 0) is 18.4 Å². The average Bonchev–Trinajstić information content (AvgIpc) is 2.12. The monoisotopic (exact) mass is 157 g/mol. The summed E-state index contributed by atoms with van der Waals surface area (Å²) in [6.07, 6.45) is 0. The average molecular weight is 157 g/mol. The van der Waals surface area contributed by atoms with Gasteiger partial charge >= 0.3 is 0 Å². The lowest BCUT2D eigenvalue weighted by atomic mass is 10.2. The maximum Gasteiger partial charge on any atom is 0.112 e. The molecule has 1 aromatic carbocycles. The molecular formula is C11H11N. The molecule has 0 saturated heterocycles. The van der Waals surface area contributed by atoms with Crippen LogP contribution in [0.1, 0.15) is 5.69 Å². The van der Waals surface area contributed by atoms with Crippen molar-refractivity contribution in [2.24, 2.45) is 0 Å². The predicted octanol–water partition coefficient (Wildman–Crippen LogP) is 2.08. The maximum atomic E-state index is 3.96. The van der Waals surface area contributed by atoms with Crippen molar-refractivity contribution < 1.29 is 4.57 Å². The van der Waals surface area contributed by atoms with Gasteiger partial charge in [0.05, 0.1) is 5.69 Å². The zero-order chi connectivity index (χ0) is 8.55. The van der Waals surface area contributed by atoms with E-state index in [4.69, 9.17) is 0 Å². The molecule has 0 atom stereocenters. The van der Waals surface area contributed by atoms with Crippen LogP contribution in [0.15, 0.2) is 36.4 Å². The fraction of sp³-hybridized carbons (Fsp3) is 0.0909. The molecule has 0 spiro atoms. The molecule has 0 aliphatic carbocycles. The van der Waals surface area contributed by atoms with E-state index in [1.807, 2.05) is 16.7 Å². The van der Waals surface area contributed by atoms with E-state index in [0.29, 0.717) is 0 Å². The van der Waals surface area contributed by atoms with Crippen molar-refractivity contribution in [3.05, 3.63) is 49.1 Å². The Balaban J connectivity index is 2.91. The molecule has 0 aliphatic rings. The van der Waals surface area contributed by atoms with Crippen molar-refractivity contribution in [3.63, 3.8) is 0 Å². The smallest absolute Gasteiger partial charge is 0.112 e. The Kier molecular flexibility index (Phi) is 1.51. The highest BCUT2D eigenvalue weighted by Crippen LogP contribution is 2.08. The molecule has 0 radical (unpaired) electrons. The van der Waals surface area contributed by atoms with Gasteiger partial charge in [0.2, 0.25) is 0 Å². The number of pyridine rings is 1. The molecule has 1 aromatic heterocycles. The first kappa shape index (κ1) is 7.17. The third kappa shape index (κ3) is 0.944. The minimum absolute atomic E-state index is 1.17. The summed E-state index contributed by atoms with van der Waals surface area (Å²) in [6, 6.07) is 12.4. The van der Waals surface area contributed by atoms with E-state index in [9.17, 15) is 0 Å². The highest BCUT2D eigenvalue weighted by atomic mass is 14.9. The van der Waals surface area contributed by atoms with Crippen molar-refractivity contribution in [2.45, 2.75) is 6.92 Å². The van der Waals surface area contributed by atoms with Crippen LogP contribution in [0.3, 0.4) is 0 Å². The summed E-state index contributed by atoms with van der Waals surface area (Å²) < 4.78 is 1.95. The van der Waals surface area contributed by atoms with Crippen molar-refractivity contribution >= 4 is 10.9 Å². The number of nitrogens with zero attached hydrogens (tertiary/aromatic N) is 1. The number of hydrogen-bond donors (Lipinski definition) is 0. The molecule has 1 nitrogen and oxygen atoms in total. The number of fused-ring (bicyclic) bond motifs is 1. The second-order valence-corrected chi connectivity index (χ2v) is 2.96. The SMILES string of the molecule is [CH2-][n+]1c(C)ccc2ccccc21. The van der Waals surface area contributed by atoms with Gasteiger partial charge in [-0.1, -0.05) is 30.3 Å². The van der Waals surface area contributed by atoms with E-state index in [2.05, 4.69) is 38.2 Å². The van der Waals surface area contributed by atoms with Crippen LogP contribution in [0.2, 0.25) is 0 Å². The van der Waals surface area contributed by atoms with Crippen molar-refractivity contribution in [3.8, 4) is 0 Å². The molecule has 0 N–H and O–H groups in total. The quantitative estimate of drug-likeness (QED) is 0.407. The Morgan fingerprint density at radius 1 is 1.08 bits per heavy atom. The number of rotatable bonds is 0. The van der Waals surface area contributed by atoms with Gasteiger partial charge in [0.15, 0.2) is 0 Å². The molecule has 0 bridgehead atoms. The first-order valence-electron chi connectivity index (χ1n) is 4.00. The lowest BCUT2D eigenvalue weighted by molar-refractivity contribution is -0.591. The van der Waals surface area contributed by atoms with Crippen molar-refractivity contribution in [1.29, 1.82) is 0 Å². The van der Waals surface area contributed by atoms with E-state index in [-0.39, 0.29) is 0 Å². The summed E-state index contributed by atoms with van der Waals surface area (Å²) in [7, 11) is 3.96. The lowest BCUT2D eigenvalue weighted by Gasteiger charge is -2.06. The summed E-state index contributed by atoms with van der Waals surface area (Å²) in [5.74, 6) is 0. The second-order valence-electron chi connectivity index (χ2n) is 2.96. The first-order valence-corrected chi connectivity index (χ1v) is 4.00. The largest absolute Gasteiger partial charge is 0.330 e. The van der Waals surface area contributed by atoms with E-state index in [1.54, 1.807) is 0 Å². The molecule has 1 heterocycles. The Labute approximate surface area is 72.3 Å². The predicted molar refractivity (Wildman–Crippen MR) is 49.6 cm³/mol. The fourth-order valence-electron chi connectivity index (χ4n) is 1.36. The van der Waals surface area contributed by atoms with Gasteiger partial charge in [0, 0.05) is 7.05 Å². The molecule has 12 heavy (non-hydrogen) atoms. The van der Waals surface area contributed by atoms with Crippen LogP contribution in [-0.2, 0) is 0 Å². The van der Waals surface area contributed by atoms with Crippen LogP contribution < -0.4 is 4.57 Å². The fourth-order valence-corrected chi connectivity index (χ4v) is 1.36. The number of aromatic nitrogens is 1. The van der Waals surface area contributed by atoms with Gasteiger partial charge in [-0.3, -0.25) is 0 Å². The van der Waals surface area contributed by atoms with Gasteiger partial charge in [-0.2, -0.15) is 0 Å². The van der Waals surface area contributed by atoms with Crippen LogP contribution in [0, 0.1) is 14.0 Å². The molecule has 2 aromatic rings. The van der Waals surface area contributed by atoms with Crippen molar-refractivity contribution in [1.82, 2.24) is 0 Å². The standard InChI is InChI=1S/C11H11N/c1-9-7-8-10-5-3-4-6-11(10)12(9)2/h3-8H,2H2,1H3. The Morgan fingerprint density at radius 2 is 1.83 bits per heavy atom. The minimum atomic E-state index is 1.17. The molecule has 0 saturated carbocycles. The van der Waals surface area contributed by atoms with Crippen LogP contribution in [0.4, 0.5) is 0 Å².